The van der Waals surface area contributed by atoms with E-state index in [9.17, 15) is 14.4 Å². The number of rotatable bonds is 8. The van der Waals surface area contributed by atoms with Crippen LogP contribution in [0.5, 0.6) is 5.75 Å². The van der Waals surface area contributed by atoms with Crippen molar-refractivity contribution in [2.75, 3.05) is 32.8 Å². The van der Waals surface area contributed by atoms with Crippen LogP contribution in [0.1, 0.15) is 42.6 Å². The minimum Gasteiger partial charge on any atom is -0.484 e. The van der Waals surface area contributed by atoms with Crippen molar-refractivity contribution in [3.05, 3.63) is 64.3 Å². The first-order valence-electron chi connectivity index (χ1n) is 14.2. The third-order valence-corrected chi connectivity index (χ3v) is 8.79. The van der Waals surface area contributed by atoms with E-state index in [1.165, 1.54) is 0 Å². The van der Waals surface area contributed by atoms with Gasteiger partial charge in [0.05, 0.1) is 5.69 Å². The summed E-state index contributed by atoms with van der Waals surface area (Å²) in [5.41, 5.74) is 7.69. The highest BCUT2D eigenvalue weighted by atomic mass is 35.5. The fourth-order valence-corrected chi connectivity index (χ4v) is 6.59. The molecular formula is C31H35Cl2N5O4. The molecule has 5 rings (SSSR count). The van der Waals surface area contributed by atoms with Crippen LogP contribution in [0.4, 0.5) is 0 Å². The molecule has 2 aromatic carbocycles. The summed E-state index contributed by atoms with van der Waals surface area (Å²) in [6.45, 7) is 2.93. The fourth-order valence-electron chi connectivity index (χ4n) is 6.08. The first kappa shape index (κ1) is 30.1. The zero-order chi connectivity index (χ0) is 29.9. The number of aromatic nitrogens is 1. The Labute approximate surface area is 255 Å². The molecule has 2 fully saturated rings. The Morgan fingerprint density at radius 3 is 2.31 bits per heavy atom. The molecule has 1 aromatic heterocycles. The Kier molecular flexibility index (Phi) is 9.22. The van der Waals surface area contributed by atoms with Crippen molar-refractivity contribution < 1.29 is 19.1 Å². The molecule has 0 aliphatic carbocycles. The molecule has 0 radical (unpaired) electrons. The monoisotopic (exact) mass is 611 g/mol. The number of primary amides is 1. The molecule has 222 valence electrons. The van der Waals surface area contributed by atoms with Crippen LogP contribution >= 0.6 is 23.2 Å². The van der Waals surface area contributed by atoms with E-state index in [4.69, 9.17) is 33.7 Å². The van der Waals surface area contributed by atoms with Gasteiger partial charge in [-0.2, -0.15) is 0 Å². The predicted octanol–water partition coefficient (Wildman–Crippen LogP) is 4.39. The van der Waals surface area contributed by atoms with Crippen molar-refractivity contribution in [3.8, 4) is 28.1 Å². The Balaban J connectivity index is 1.50. The Bertz CT molecular complexity index is 1480. The van der Waals surface area contributed by atoms with Gasteiger partial charge < -0.3 is 20.4 Å². The molecular weight excluding hydrogens is 577 g/mol. The quantitative estimate of drug-likeness (QED) is 0.325. The number of hydrogen-bond donors (Lipinski definition) is 3. The molecule has 42 heavy (non-hydrogen) atoms. The summed E-state index contributed by atoms with van der Waals surface area (Å²) in [5, 5.41) is 7.03. The highest BCUT2D eigenvalue weighted by Crippen LogP contribution is 2.40. The highest BCUT2D eigenvalue weighted by molar-refractivity contribution is 6.36. The van der Waals surface area contributed by atoms with Crippen LogP contribution in [0.2, 0.25) is 10.0 Å². The number of nitrogens with zero attached hydrogens (tertiary/aromatic N) is 2. The first-order chi connectivity index (χ1) is 20.2. The van der Waals surface area contributed by atoms with Crippen molar-refractivity contribution >= 4 is 40.9 Å². The number of piperidine rings is 2. The summed E-state index contributed by atoms with van der Waals surface area (Å²) in [4.78, 5) is 41.1. The lowest BCUT2D eigenvalue weighted by Crippen LogP contribution is -2.64. The Morgan fingerprint density at radius 2 is 1.67 bits per heavy atom. The number of benzene rings is 2. The van der Waals surface area contributed by atoms with Gasteiger partial charge in [-0.05, 0) is 99.9 Å². The van der Waals surface area contributed by atoms with Crippen molar-refractivity contribution in [1.29, 1.82) is 0 Å². The average molecular weight is 613 g/mol. The number of carbonyl (C=O) groups excluding carboxylic acids is 3. The van der Waals surface area contributed by atoms with Gasteiger partial charge in [0.15, 0.2) is 6.61 Å². The molecule has 4 N–H and O–H groups in total. The van der Waals surface area contributed by atoms with Gasteiger partial charge in [-0.1, -0.05) is 35.7 Å². The maximum atomic E-state index is 13.9. The molecule has 3 heterocycles. The number of carbonyl (C=O) groups is 3. The normalized spacial score (nSPS) is 17.0. The van der Waals surface area contributed by atoms with Crippen LogP contribution in [0.15, 0.2) is 48.5 Å². The second-order valence-electron chi connectivity index (χ2n) is 10.9. The van der Waals surface area contributed by atoms with Gasteiger partial charge in [0.25, 0.3) is 11.8 Å². The van der Waals surface area contributed by atoms with E-state index >= 15 is 0 Å². The van der Waals surface area contributed by atoms with E-state index in [1.807, 2.05) is 12.1 Å². The average Bonchev–Trinajstić information content (AvgIpc) is 3.33. The summed E-state index contributed by atoms with van der Waals surface area (Å²) in [6, 6.07) is 14.0. The molecule has 3 aromatic rings. The van der Waals surface area contributed by atoms with Crippen LogP contribution in [-0.2, 0) is 16.6 Å². The van der Waals surface area contributed by atoms with E-state index in [2.05, 4.69) is 15.5 Å². The molecule has 0 unspecified atom stereocenters. The van der Waals surface area contributed by atoms with Crippen LogP contribution in [0.3, 0.4) is 0 Å². The predicted molar refractivity (Wildman–Crippen MR) is 164 cm³/mol. The molecule has 2 aliphatic rings. The number of nitrogens with one attached hydrogen (secondary N) is 2. The molecule has 2 saturated heterocycles. The summed E-state index contributed by atoms with van der Waals surface area (Å²) in [6.07, 6.45) is 4.57. The lowest BCUT2D eigenvalue weighted by molar-refractivity contribution is -0.135. The zero-order valence-electron chi connectivity index (χ0n) is 23.6. The molecule has 0 spiro atoms. The van der Waals surface area contributed by atoms with Gasteiger partial charge in [-0.25, -0.2) is 0 Å². The fraction of sp³-hybridized carbons (Fsp3) is 0.387. The minimum atomic E-state index is -0.710. The Morgan fingerprint density at radius 1 is 0.976 bits per heavy atom. The standard InChI is InChI=1S/C31H35Cl2N5O4/c1-37-26(29(40)36-30(41)31(11-13-35-14-12-31)38-15-3-2-4-16-38)18-24(23-10-7-21(32)17-25(23)33)28(37)20-5-8-22(9-6-20)42-19-27(34)39/h5-10,17-18,35H,2-4,11-16,19H2,1H3,(H2,34,39)(H,36,40,41). The number of halogens is 2. The smallest absolute Gasteiger partial charge is 0.274 e. The van der Waals surface area contributed by atoms with Crippen molar-refractivity contribution in [3.63, 3.8) is 0 Å². The van der Waals surface area contributed by atoms with Gasteiger partial charge in [0, 0.05) is 28.2 Å². The lowest BCUT2D eigenvalue weighted by Gasteiger charge is -2.46. The minimum absolute atomic E-state index is 0.234. The van der Waals surface area contributed by atoms with E-state index in [0.29, 0.717) is 51.2 Å². The lowest BCUT2D eigenvalue weighted by atomic mass is 9.83. The number of nitrogens with two attached hydrogens (primary N) is 1. The SMILES string of the molecule is Cn1c(C(=O)NC(=O)C2(N3CCCCC3)CCNCC2)cc(-c2ccc(Cl)cc2Cl)c1-c1ccc(OCC(N)=O)cc1. The third-order valence-electron chi connectivity index (χ3n) is 8.24. The van der Waals surface area contributed by atoms with Crippen LogP contribution in [0.25, 0.3) is 22.4 Å². The van der Waals surface area contributed by atoms with Gasteiger partial charge in [0.1, 0.15) is 17.0 Å². The van der Waals surface area contributed by atoms with E-state index < -0.39 is 17.4 Å². The number of hydrogen-bond acceptors (Lipinski definition) is 6. The van der Waals surface area contributed by atoms with E-state index in [-0.39, 0.29) is 12.5 Å². The second-order valence-corrected chi connectivity index (χ2v) is 11.7. The van der Waals surface area contributed by atoms with Crippen LogP contribution < -0.4 is 21.1 Å². The summed E-state index contributed by atoms with van der Waals surface area (Å²) >= 11 is 12.8. The molecule has 9 nitrogen and oxygen atoms in total. The number of amides is 3. The van der Waals surface area contributed by atoms with Gasteiger partial charge in [0.2, 0.25) is 5.91 Å². The van der Waals surface area contributed by atoms with Gasteiger partial charge in [-0.15, -0.1) is 0 Å². The van der Waals surface area contributed by atoms with Crippen LogP contribution in [0, 0.1) is 0 Å². The molecule has 11 heteroatoms. The van der Waals surface area contributed by atoms with Crippen molar-refractivity contribution in [1.82, 2.24) is 20.1 Å². The molecule has 0 saturated carbocycles. The topological polar surface area (TPSA) is 119 Å². The molecule has 0 bridgehead atoms. The summed E-state index contributed by atoms with van der Waals surface area (Å²) < 4.78 is 7.17. The summed E-state index contributed by atoms with van der Waals surface area (Å²) in [7, 11) is 1.78. The second kappa shape index (κ2) is 12.9. The van der Waals surface area contributed by atoms with Gasteiger partial charge >= 0.3 is 0 Å². The first-order valence-corrected chi connectivity index (χ1v) is 14.9. The van der Waals surface area contributed by atoms with Crippen molar-refractivity contribution in [2.24, 2.45) is 12.8 Å². The molecule has 3 amide bonds. The van der Waals surface area contributed by atoms with Crippen molar-refractivity contribution in [2.45, 2.75) is 37.6 Å². The van der Waals surface area contributed by atoms with E-state index in [1.54, 1.807) is 48.0 Å². The number of likely N-dealkylation sites (tertiary alicyclic amines) is 1. The van der Waals surface area contributed by atoms with E-state index in [0.717, 1.165) is 51.0 Å². The molecule has 0 atom stereocenters. The zero-order valence-corrected chi connectivity index (χ0v) is 25.1. The largest absolute Gasteiger partial charge is 0.484 e. The number of ether oxygens (including phenoxy) is 1. The maximum absolute atomic E-state index is 13.9. The number of imide groups is 1. The van der Waals surface area contributed by atoms with Gasteiger partial charge in [-0.3, -0.25) is 24.6 Å². The summed E-state index contributed by atoms with van der Waals surface area (Å²) in [5.74, 6) is -0.818. The van der Waals surface area contributed by atoms with Crippen LogP contribution in [-0.4, -0.2) is 65.5 Å². The third kappa shape index (κ3) is 6.20. The molecule has 2 aliphatic heterocycles. The highest BCUT2D eigenvalue weighted by Gasteiger charge is 2.45. The maximum Gasteiger partial charge on any atom is 0.274 e. The Hall–Kier alpha value is -3.37.